The van der Waals surface area contributed by atoms with Gasteiger partial charge in [0.15, 0.2) is 5.78 Å². The van der Waals surface area contributed by atoms with Gasteiger partial charge < -0.3 is 24.5 Å². The number of hydrogen-bond acceptors (Lipinski definition) is 8. The molecular formula is C15H21NO9. The zero-order valence-corrected chi connectivity index (χ0v) is 13.5. The van der Waals surface area contributed by atoms with E-state index < -0.39 is 17.9 Å². The van der Waals surface area contributed by atoms with E-state index in [0.29, 0.717) is 32.3 Å². The van der Waals surface area contributed by atoms with E-state index in [1.807, 2.05) is 0 Å². The van der Waals surface area contributed by atoms with Crippen molar-refractivity contribution < 1.29 is 43.7 Å². The number of hydroxylamine groups is 1. The fourth-order valence-corrected chi connectivity index (χ4v) is 1.33. The molecule has 0 aliphatic heterocycles. The molecule has 0 saturated heterocycles. The van der Waals surface area contributed by atoms with Gasteiger partial charge in [0.2, 0.25) is 0 Å². The highest BCUT2D eigenvalue weighted by atomic mass is 16.7. The Morgan fingerprint density at radius 1 is 0.800 bits per heavy atom. The van der Waals surface area contributed by atoms with Crippen molar-refractivity contribution in [2.24, 2.45) is 0 Å². The molecule has 140 valence electrons. The number of carbonyl (C=O) groups excluding carboxylic acids is 2. The zero-order valence-electron chi connectivity index (χ0n) is 13.5. The van der Waals surface area contributed by atoms with Crippen LogP contribution in [-0.4, -0.2) is 66.9 Å². The first-order chi connectivity index (χ1) is 11.9. The van der Waals surface area contributed by atoms with E-state index in [-0.39, 0.29) is 25.4 Å². The molecule has 0 aromatic carbocycles. The minimum Gasteiger partial charge on any atom is -0.478 e. The molecule has 10 nitrogen and oxygen atoms in total. The van der Waals surface area contributed by atoms with Crippen molar-refractivity contribution in [1.29, 1.82) is 0 Å². The second-order valence-corrected chi connectivity index (χ2v) is 4.45. The molecule has 0 aliphatic rings. The topological polar surface area (TPSA) is 148 Å². The van der Waals surface area contributed by atoms with Crippen molar-refractivity contribution in [3.63, 3.8) is 0 Å². The number of rotatable bonds is 15. The maximum atomic E-state index is 11.2. The molecule has 0 aliphatic carbocycles. The first-order valence-corrected chi connectivity index (χ1v) is 7.36. The van der Waals surface area contributed by atoms with Gasteiger partial charge in [-0.3, -0.25) is 4.79 Å². The van der Waals surface area contributed by atoms with Crippen LogP contribution in [0.2, 0.25) is 0 Å². The number of carbonyl (C=O) groups is 4. The summed E-state index contributed by atoms with van der Waals surface area (Å²) in [5, 5.41) is 16.6. The molecule has 0 unspecified atom stereocenters. The zero-order chi connectivity index (χ0) is 18.9. The molecule has 25 heavy (non-hydrogen) atoms. The Kier molecular flexibility index (Phi) is 13.5. The fourth-order valence-electron chi connectivity index (χ4n) is 1.33. The first-order valence-electron chi connectivity index (χ1n) is 7.36. The average Bonchev–Trinajstić information content (AvgIpc) is 2.55. The molecule has 0 saturated carbocycles. The monoisotopic (exact) mass is 359 g/mol. The van der Waals surface area contributed by atoms with Gasteiger partial charge in [-0.1, -0.05) is 0 Å². The third kappa shape index (κ3) is 17.6. The van der Waals surface area contributed by atoms with Crippen LogP contribution < -0.4 is 5.48 Å². The summed E-state index contributed by atoms with van der Waals surface area (Å²) < 4.78 is 10.4. The summed E-state index contributed by atoms with van der Waals surface area (Å²) in [5.41, 5.74) is 2.31. The van der Waals surface area contributed by atoms with E-state index in [1.54, 1.807) is 0 Å². The standard InChI is InChI=1S/C15H21NO9/c17-12(3-4-13(18)19)2-1-8-23-10-11-24-9-7-16-25-15(22)6-5-14(20)21/h3-6,16H,1-2,7-11H2,(H,18,19)(H,20,21)/b4-3-,6-5-. The highest BCUT2D eigenvalue weighted by Crippen LogP contribution is 1.94. The van der Waals surface area contributed by atoms with Gasteiger partial charge in [0.05, 0.1) is 26.4 Å². The lowest BCUT2D eigenvalue weighted by Gasteiger charge is -2.06. The molecule has 0 aromatic heterocycles. The Morgan fingerprint density at radius 3 is 2.04 bits per heavy atom. The molecule has 0 rings (SSSR count). The number of hydrogen-bond donors (Lipinski definition) is 3. The Balaban J connectivity index is 3.37. The van der Waals surface area contributed by atoms with Crippen LogP contribution >= 0.6 is 0 Å². The third-order valence-electron chi connectivity index (χ3n) is 2.38. The predicted molar refractivity (Wildman–Crippen MR) is 83.5 cm³/mol. The maximum Gasteiger partial charge on any atom is 0.349 e. The summed E-state index contributed by atoms with van der Waals surface area (Å²) in [6.07, 6.45) is 3.92. The van der Waals surface area contributed by atoms with Crippen LogP contribution in [0.4, 0.5) is 0 Å². The van der Waals surface area contributed by atoms with E-state index in [1.165, 1.54) is 0 Å². The number of carboxylic acids is 2. The smallest absolute Gasteiger partial charge is 0.349 e. The normalized spacial score (nSPS) is 11.0. The van der Waals surface area contributed by atoms with Crippen LogP contribution in [0, 0.1) is 0 Å². The number of ketones is 1. The van der Waals surface area contributed by atoms with Crippen molar-refractivity contribution in [3.8, 4) is 0 Å². The molecule has 0 bridgehead atoms. The Morgan fingerprint density at radius 2 is 1.40 bits per heavy atom. The number of carboxylic acid groups (broad SMARTS) is 2. The molecular weight excluding hydrogens is 338 g/mol. The predicted octanol–water partition coefficient (Wildman–Crippen LogP) is -0.302. The molecule has 0 amide bonds. The summed E-state index contributed by atoms with van der Waals surface area (Å²) in [7, 11) is 0. The molecule has 3 N–H and O–H groups in total. The highest BCUT2D eigenvalue weighted by molar-refractivity contribution is 5.95. The van der Waals surface area contributed by atoms with E-state index >= 15 is 0 Å². The molecule has 0 atom stereocenters. The van der Waals surface area contributed by atoms with Gasteiger partial charge in [0.1, 0.15) is 0 Å². The lowest BCUT2D eigenvalue weighted by molar-refractivity contribution is -0.146. The lowest BCUT2D eigenvalue weighted by atomic mass is 10.2. The molecule has 0 fully saturated rings. The third-order valence-corrected chi connectivity index (χ3v) is 2.38. The number of nitrogens with one attached hydrogen (secondary N) is 1. The van der Waals surface area contributed by atoms with E-state index in [9.17, 15) is 19.2 Å². The largest absolute Gasteiger partial charge is 0.478 e. The summed E-state index contributed by atoms with van der Waals surface area (Å²) >= 11 is 0. The van der Waals surface area contributed by atoms with E-state index in [4.69, 9.17) is 19.7 Å². The van der Waals surface area contributed by atoms with Crippen molar-refractivity contribution in [1.82, 2.24) is 5.48 Å². The van der Waals surface area contributed by atoms with Gasteiger partial charge in [-0.15, -0.1) is 0 Å². The number of ether oxygens (including phenoxy) is 2. The van der Waals surface area contributed by atoms with Gasteiger partial charge in [-0.2, -0.15) is 5.48 Å². The van der Waals surface area contributed by atoms with Crippen LogP contribution in [-0.2, 0) is 33.5 Å². The minimum atomic E-state index is -1.25. The van der Waals surface area contributed by atoms with Crippen molar-refractivity contribution in [2.75, 3.05) is 33.0 Å². The minimum absolute atomic E-state index is 0.205. The first kappa shape index (κ1) is 22.4. The summed E-state index contributed by atoms with van der Waals surface area (Å²) in [4.78, 5) is 47.0. The van der Waals surface area contributed by atoms with E-state index in [2.05, 4.69) is 10.3 Å². The molecule has 0 spiro atoms. The number of allylic oxidation sites excluding steroid dienone is 1. The average molecular weight is 359 g/mol. The van der Waals surface area contributed by atoms with Crippen LogP contribution in [0.1, 0.15) is 12.8 Å². The van der Waals surface area contributed by atoms with Gasteiger partial charge in [0, 0.05) is 31.3 Å². The Bertz CT molecular complexity index is 455. The Hall–Kier alpha value is -2.56. The fraction of sp³-hybridized carbons (Fsp3) is 0.467. The van der Waals surface area contributed by atoms with Crippen LogP contribution in [0.25, 0.3) is 0 Å². The van der Waals surface area contributed by atoms with E-state index in [0.717, 1.165) is 18.2 Å². The van der Waals surface area contributed by atoms with Crippen molar-refractivity contribution in [2.45, 2.75) is 12.8 Å². The number of aliphatic carboxylic acids is 2. The molecule has 10 heteroatoms. The van der Waals surface area contributed by atoms with Crippen LogP contribution in [0.15, 0.2) is 24.3 Å². The van der Waals surface area contributed by atoms with Crippen LogP contribution in [0.3, 0.4) is 0 Å². The van der Waals surface area contributed by atoms with Crippen LogP contribution in [0.5, 0.6) is 0 Å². The van der Waals surface area contributed by atoms with Gasteiger partial charge in [-0.05, 0) is 12.5 Å². The lowest BCUT2D eigenvalue weighted by Crippen LogP contribution is -2.23. The van der Waals surface area contributed by atoms with Crippen molar-refractivity contribution in [3.05, 3.63) is 24.3 Å². The maximum absolute atomic E-state index is 11.2. The summed E-state index contributed by atoms with van der Waals surface area (Å²) in [6.45, 7) is 1.44. The highest BCUT2D eigenvalue weighted by Gasteiger charge is 1.99. The van der Waals surface area contributed by atoms with Crippen molar-refractivity contribution >= 4 is 23.7 Å². The quantitative estimate of drug-likeness (QED) is 0.202. The molecule has 0 heterocycles. The summed E-state index contributed by atoms with van der Waals surface area (Å²) in [5.74, 6) is -3.52. The second kappa shape index (κ2) is 15.0. The molecule has 0 radical (unpaired) electrons. The molecule has 0 aromatic rings. The van der Waals surface area contributed by atoms with Gasteiger partial charge >= 0.3 is 17.9 Å². The second-order valence-electron chi connectivity index (χ2n) is 4.45. The Labute approximate surface area is 144 Å². The van der Waals surface area contributed by atoms with Gasteiger partial charge in [-0.25, -0.2) is 14.4 Å². The SMILES string of the molecule is O=C(O)/C=C\C(=O)CCCOCCOCCNOC(=O)/C=C\C(=O)O. The van der Waals surface area contributed by atoms with Gasteiger partial charge in [0.25, 0.3) is 0 Å². The summed E-state index contributed by atoms with van der Waals surface area (Å²) in [6, 6.07) is 0.